The molecular weight excluding hydrogens is 376 g/mol. The number of aromatic nitrogens is 4. The van der Waals surface area contributed by atoms with Crippen molar-refractivity contribution in [2.45, 2.75) is 26.4 Å². The number of hydrogen-bond donors (Lipinski definition) is 0. The van der Waals surface area contributed by atoms with Gasteiger partial charge in [-0.05, 0) is 46.7 Å². The standard InChI is InChI=1S/C20H25ClN6O/c1-15(2)19(20-22-23-24-27(20)14-18-7-4-12-28-18)26-10-8-25(9-11-26)17-6-3-5-16(21)13-17/h3-7,12-13,15,19H,8-11,14H2,1-2H3/t19-/m0/s1. The second-order valence-electron chi connectivity index (χ2n) is 7.47. The molecule has 3 aromatic rings. The zero-order chi connectivity index (χ0) is 19.5. The predicted molar refractivity (Wildman–Crippen MR) is 108 cm³/mol. The van der Waals surface area contributed by atoms with Gasteiger partial charge in [-0.1, -0.05) is 31.5 Å². The number of nitrogens with zero attached hydrogens (tertiary/aromatic N) is 6. The van der Waals surface area contributed by atoms with Gasteiger partial charge in [-0.25, -0.2) is 4.68 Å². The maximum absolute atomic E-state index is 6.16. The van der Waals surface area contributed by atoms with Crippen LogP contribution in [-0.2, 0) is 6.54 Å². The average Bonchev–Trinajstić information content (AvgIpc) is 3.35. The summed E-state index contributed by atoms with van der Waals surface area (Å²) in [6, 6.07) is 12.0. The molecule has 28 heavy (non-hydrogen) atoms. The minimum Gasteiger partial charge on any atom is -0.467 e. The van der Waals surface area contributed by atoms with Crippen LogP contribution in [0.1, 0.15) is 31.5 Å². The zero-order valence-electron chi connectivity index (χ0n) is 16.2. The number of tetrazole rings is 1. The van der Waals surface area contributed by atoms with Gasteiger partial charge in [-0.3, -0.25) is 4.90 Å². The summed E-state index contributed by atoms with van der Waals surface area (Å²) in [6.07, 6.45) is 1.67. The second kappa shape index (κ2) is 8.32. The summed E-state index contributed by atoms with van der Waals surface area (Å²) in [5.41, 5.74) is 1.18. The van der Waals surface area contributed by atoms with Gasteiger partial charge in [-0.2, -0.15) is 0 Å². The molecule has 0 unspecified atom stereocenters. The lowest BCUT2D eigenvalue weighted by Crippen LogP contribution is -2.49. The van der Waals surface area contributed by atoms with E-state index in [1.165, 1.54) is 5.69 Å². The highest BCUT2D eigenvalue weighted by atomic mass is 35.5. The number of anilines is 1. The highest BCUT2D eigenvalue weighted by Gasteiger charge is 2.31. The van der Waals surface area contributed by atoms with E-state index in [1.807, 2.05) is 35.0 Å². The predicted octanol–water partition coefficient (Wildman–Crippen LogP) is 3.49. The van der Waals surface area contributed by atoms with E-state index in [9.17, 15) is 0 Å². The van der Waals surface area contributed by atoms with Gasteiger partial charge in [0.05, 0.1) is 12.3 Å². The fraction of sp³-hybridized carbons (Fsp3) is 0.450. The van der Waals surface area contributed by atoms with Gasteiger partial charge in [0.25, 0.3) is 0 Å². The van der Waals surface area contributed by atoms with E-state index < -0.39 is 0 Å². The first-order chi connectivity index (χ1) is 13.6. The highest BCUT2D eigenvalue weighted by molar-refractivity contribution is 6.30. The van der Waals surface area contributed by atoms with Gasteiger partial charge >= 0.3 is 0 Å². The molecule has 3 heterocycles. The van der Waals surface area contributed by atoms with Gasteiger partial charge in [0.15, 0.2) is 5.82 Å². The van der Waals surface area contributed by atoms with E-state index in [1.54, 1.807) is 6.26 Å². The van der Waals surface area contributed by atoms with Crippen molar-refractivity contribution in [1.29, 1.82) is 0 Å². The molecule has 1 aliphatic rings. The minimum atomic E-state index is 0.159. The Bertz CT molecular complexity index is 886. The molecule has 0 saturated carbocycles. The monoisotopic (exact) mass is 400 g/mol. The molecular formula is C20H25ClN6O. The number of rotatable bonds is 6. The van der Waals surface area contributed by atoms with Crippen LogP contribution in [0.15, 0.2) is 47.1 Å². The lowest BCUT2D eigenvalue weighted by Gasteiger charge is -2.41. The van der Waals surface area contributed by atoms with Crippen molar-refractivity contribution in [1.82, 2.24) is 25.1 Å². The normalized spacial score (nSPS) is 16.6. The fourth-order valence-electron chi connectivity index (χ4n) is 3.90. The van der Waals surface area contributed by atoms with Crippen LogP contribution in [0.25, 0.3) is 0 Å². The third-order valence-corrected chi connectivity index (χ3v) is 5.46. The molecule has 2 aromatic heterocycles. The molecule has 1 fully saturated rings. The topological polar surface area (TPSA) is 63.2 Å². The van der Waals surface area contributed by atoms with E-state index in [0.717, 1.165) is 42.8 Å². The molecule has 8 heteroatoms. The maximum atomic E-state index is 6.16. The van der Waals surface area contributed by atoms with E-state index in [4.69, 9.17) is 16.0 Å². The quantitative estimate of drug-likeness (QED) is 0.631. The first-order valence-corrected chi connectivity index (χ1v) is 10.0. The first kappa shape index (κ1) is 19.0. The van der Waals surface area contributed by atoms with Gasteiger partial charge in [0, 0.05) is 36.9 Å². The molecule has 1 aromatic carbocycles. The molecule has 0 spiro atoms. The van der Waals surface area contributed by atoms with E-state index in [2.05, 4.69) is 45.2 Å². The molecule has 7 nitrogen and oxygen atoms in total. The van der Waals surface area contributed by atoms with Gasteiger partial charge < -0.3 is 9.32 Å². The Morgan fingerprint density at radius 1 is 1.11 bits per heavy atom. The molecule has 0 bridgehead atoms. The summed E-state index contributed by atoms with van der Waals surface area (Å²) >= 11 is 6.16. The Morgan fingerprint density at radius 3 is 2.61 bits per heavy atom. The molecule has 0 amide bonds. The van der Waals surface area contributed by atoms with Crippen molar-refractivity contribution >= 4 is 17.3 Å². The summed E-state index contributed by atoms with van der Waals surface area (Å²) in [4.78, 5) is 4.86. The number of halogens is 1. The lowest BCUT2D eigenvalue weighted by molar-refractivity contribution is 0.135. The summed E-state index contributed by atoms with van der Waals surface area (Å²) in [5, 5.41) is 13.3. The molecule has 0 radical (unpaired) electrons. The van der Waals surface area contributed by atoms with Crippen molar-refractivity contribution in [3.8, 4) is 0 Å². The Hall–Kier alpha value is -2.38. The van der Waals surface area contributed by atoms with Gasteiger partial charge in [0.1, 0.15) is 12.3 Å². The number of benzene rings is 1. The molecule has 1 saturated heterocycles. The number of furan rings is 1. The van der Waals surface area contributed by atoms with Crippen molar-refractivity contribution < 1.29 is 4.42 Å². The van der Waals surface area contributed by atoms with Gasteiger partial charge in [-0.15, -0.1) is 5.10 Å². The Kier molecular flexibility index (Phi) is 5.64. The smallest absolute Gasteiger partial charge is 0.169 e. The summed E-state index contributed by atoms with van der Waals surface area (Å²) in [6.45, 7) is 8.78. The average molecular weight is 401 g/mol. The largest absolute Gasteiger partial charge is 0.467 e. The molecule has 0 aliphatic carbocycles. The summed E-state index contributed by atoms with van der Waals surface area (Å²) in [7, 11) is 0. The third-order valence-electron chi connectivity index (χ3n) is 5.22. The second-order valence-corrected chi connectivity index (χ2v) is 7.90. The maximum Gasteiger partial charge on any atom is 0.169 e. The number of piperazine rings is 1. The van der Waals surface area contributed by atoms with Crippen LogP contribution in [0.2, 0.25) is 5.02 Å². The Balaban J connectivity index is 1.49. The van der Waals surface area contributed by atoms with E-state index in [-0.39, 0.29) is 6.04 Å². The van der Waals surface area contributed by atoms with Crippen LogP contribution in [0, 0.1) is 5.92 Å². The van der Waals surface area contributed by atoms with Crippen LogP contribution in [0.5, 0.6) is 0 Å². The van der Waals surface area contributed by atoms with Crippen LogP contribution in [-0.4, -0.2) is 51.3 Å². The Morgan fingerprint density at radius 2 is 1.93 bits per heavy atom. The molecule has 1 atom stereocenters. The Labute approximate surface area is 169 Å². The van der Waals surface area contributed by atoms with Gasteiger partial charge in [0.2, 0.25) is 0 Å². The van der Waals surface area contributed by atoms with Crippen LogP contribution in [0.3, 0.4) is 0 Å². The van der Waals surface area contributed by atoms with Crippen molar-refractivity contribution in [3.05, 3.63) is 59.3 Å². The molecule has 4 rings (SSSR count). The van der Waals surface area contributed by atoms with E-state index in [0.29, 0.717) is 12.5 Å². The van der Waals surface area contributed by atoms with Crippen LogP contribution < -0.4 is 4.90 Å². The highest BCUT2D eigenvalue weighted by Crippen LogP contribution is 2.29. The summed E-state index contributed by atoms with van der Waals surface area (Å²) in [5.74, 6) is 2.13. The fourth-order valence-corrected chi connectivity index (χ4v) is 4.08. The number of hydrogen-bond acceptors (Lipinski definition) is 6. The van der Waals surface area contributed by atoms with Crippen molar-refractivity contribution in [3.63, 3.8) is 0 Å². The zero-order valence-corrected chi connectivity index (χ0v) is 17.0. The lowest BCUT2D eigenvalue weighted by atomic mass is 10.0. The van der Waals surface area contributed by atoms with Crippen LogP contribution >= 0.6 is 11.6 Å². The minimum absolute atomic E-state index is 0.159. The molecule has 1 aliphatic heterocycles. The first-order valence-electron chi connectivity index (χ1n) is 9.65. The van der Waals surface area contributed by atoms with Crippen LogP contribution in [0.4, 0.5) is 5.69 Å². The SMILES string of the molecule is CC(C)[C@@H](c1nnnn1Cc1ccco1)N1CCN(c2cccc(Cl)c2)CC1. The van der Waals surface area contributed by atoms with Crippen molar-refractivity contribution in [2.24, 2.45) is 5.92 Å². The third kappa shape index (κ3) is 4.05. The molecule has 148 valence electrons. The van der Waals surface area contributed by atoms with Crippen molar-refractivity contribution in [2.75, 3.05) is 31.1 Å². The van der Waals surface area contributed by atoms with E-state index >= 15 is 0 Å². The molecule has 0 N–H and O–H groups in total. The summed E-state index contributed by atoms with van der Waals surface area (Å²) < 4.78 is 7.33.